The fourth-order valence-corrected chi connectivity index (χ4v) is 1.44. The monoisotopic (exact) mass is 244 g/mol. The summed E-state index contributed by atoms with van der Waals surface area (Å²) in [6.45, 7) is 2.93. The van der Waals surface area contributed by atoms with Crippen molar-refractivity contribution in [2.75, 3.05) is 22.9 Å². The molecule has 2 heterocycles. The lowest BCUT2D eigenvalue weighted by molar-refractivity contribution is 0.966. The van der Waals surface area contributed by atoms with E-state index in [-0.39, 0.29) is 5.95 Å². The van der Waals surface area contributed by atoms with Crippen LogP contribution in [0.1, 0.15) is 13.3 Å². The molecule has 0 atom stereocenters. The number of aromatic nitrogens is 3. The Balaban J connectivity index is 2.15. The molecule has 4 N–H and O–H groups in total. The smallest absolute Gasteiger partial charge is 0.223 e. The van der Waals surface area contributed by atoms with E-state index < -0.39 is 0 Å². The predicted molar refractivity (Wildman–Crippen MR) is 72.7 cm³/mol. The zero-order valence-electron chi connectivity index (χ0n) is 10.2. The van der Waals surface area contributed by atoms with Crippen molar-refractivity contribution >= 4 is 23.4 Å². The summed E-state index contributed by atoms with van der Waals surface area (Å²) < 4.78 is 0. The topological polar surface area (TPSA) is 88.8 Å². The normalized spacial score (nSPS) is 10.1. The van der Waals surface area contributed by atoms with E-state index in [9.17, 15) is 0 Å². The summed E-state index contributed by atoms with van der Waals surface area (Å²) in [6.07, 6.45) is 2.73. The van der Waals surface area contributed by atoms with Crippen LogP contribution in [0.3, 0.4) is 0 Å². The van der Waals surface area contributed by atoms with Crippen molar-refractivity contribution in [2.45, 2.75) is 13.3 Å². The van der Waals surface area contributed by atoms with Crippen LogP contribution in [-0.4, -0.2) is 21.5 Å². The van der Waals surface area contributed by atoms with Gasteiger partial charge in [0.15, 0.2) is 0 Å². The van der Waals surface area contributed by atoms with Gasteiger partial charge in [-0.2, -0.15) is 9.97 Å². The Morgan fingerprint density at radius 2 is 2.00 bits per heavy atom. The Morgan fingerprint density at radius 3 is 2.72 bits per heavy atom. The Bertz CT molecular complexity index is 499. The molecule has 0 aliphatic heterocycles. The molecule has 0 amide bonds. The highest BCUT2D eigenvalue weighted by Crippen LogP contribution is 2.16. The fourth-order valence-electron chi connectivity index (χ4n) is 1.44. The molecule has 94 valence electrons. The van der Waals surface area contributed by atoms with Gasteiger partial charge in [-0.15, -0.1) is 0 Å². The van der Waals surface area contributed by atoms with E-state index in [2.05, 4.69) is 32.5 Å². The molecule has 0 aliphatic rings. The van der Waals surface area contributed by atoms with Crippen LogP contribution >= 0.6 is 0 Å². The molecule has 6 nitrogen and oxygen atoms in total. The molecule has 0 spiro atoms. The highest BCUT2D eigenvalue weighted by atomic mass is 15.1. The van der Waals surface area contributed by atoms with Crippen molar-refractivity contribution in [3.8, 4) is 0 Å². The van der Waals surface area contributed by atoms with Gasteiger partial charge >= 0.3 is 0 Å². The Kier molecular flexibility index (Phi) is 3.90. The third-order valence-corrected chi connectivity index (χ3v) is 2.22. The number of nitrogens with two attached hydrogens (primary N) is 1. The van der Waals surface area contributed by atoms with Crippen molar-refractivity contribution < 1.29 is 0 Å². The van der Waals surface area contributed by atoms with Gasteiger partial charge in [0.1, 0.15) is 17.5 Å². The lowest BCUT2D eigenvalue weighted by atomic mass is 10.4. The number of pyridine rings is 1. The summed E-state index contributed by atoms with van der Waals surface area (Å²) in [4.78, 5) is 12.4. The molecule has 6 heteroatoms. The van der Waals surface area contributed by atoms with E-state index >= 15 is 0 Å². The number of anilines is 4. The molecule has 0 radical (unpaired) electrons. The number of nitrogens with zero attached hydrogens (tertiary/aromatic N) is 3. The van der Waals surface area contributed by atoms with Crippen molar-refractivity contribution in [2.24, 2.45) is 0 Å². The van der Waals surface area contributed by atoms with Crippen LogP contribution in [0, 0.1) is 0 Å². The first-order valence-corrected chi connectivity index (χ1v) is 5.84. The maximum atomic E-state index is 5.66. The van der Waals surface area contributed by atoms with Gasteiger partial charge in [-0.25, -0.2) is 4.98 Å². The molecular weight excluding hydrogens is 228 g/mol. The Labute approximate surface area is 106 Å². The standard InChI is InChI=1S/C12H16N6/c1-2-6-14-10-8-11(18-12(13)17-10)16-9-5-3-4-7-15-9/h3-5,7-8H,2,6H2,1H3,(H4,13,14,15,16,17,18). The van der Waals surface area contributed by atoms with Gasteiger partial charge in [-0.05, 0) is 18.6 Å². The molecular formula is C12H16N6. The van der Waals surface area contributed by atoms with Gasteiger partial charge in [0, 0.05) is 18.8 Å². The van der Waals surface area contributed by atoms with Crippen molar-refractivity contribution in [3.63, 3.8) is 0 Å². The van der Waals surface area contributed by atoms with E-state index in [1.807, 2.05) is 18.2 Å². The SMILES string of the molecule is CCCNc1cc(Nc2ccccn2)nc(N)n1. The summed E-state index contributed by atoms with van der Waals surface area (Å²) in [5, 5.41) is 6.25. The van der Waals surface area contributed by atoms with Gasteiger partial charge in [-0.3, -0.25) is 0 Å². The second-order valence-electron chi connectivity index (χ2n) is 3.76. The molecule has 0 unspecified atom stereocenters. The summed E-state index contributed by atoms with van der Waals surface area (Å²) in [6, 6.07) is 7.42. The van der Waals surface area contributed by atoms with E-state index in [1.54, 1.807) is 12.3 Å². The largest absolute Gasteiger partial charge is 0.370 e. The van der Waals surface area contributed by atoms with Crippen LogP contribution < -0.4 is 16.4 Å². The third-order valence-electron chi connectivity index (χ3n) is 2.22. The molecule has 0 bridgehead atoms. The average molecular weight is 244 g/mol. The molecule has 0 aromatic carbocycles. The summed E-state index contributed by atoms with van der Waals surface area (Å²) >= 11 is 0. The van der Waals surface area contributed by atoms with E-state index in [1.165, 1.54) is 0 Å². The maximum Gasteiger partial charge on any atom is 0.223 e. The van der Waals surface area contributed by atoms with E-state index in [0.29, 0.717) is 11.6 Å². The number of nitrogens with one attached hydrogen (secondary N) is 2. The van der Waals surface area contributed by atoms with Crippen LogP contribution in [-0.2, 0) is 0 Å². The molecule has 2 rings (SSSR count). The van der Waals surface area contributed by atoms with Gasteiger partial charge < -0.3 is 16.4 Å². The Hall–Kier alpha value is -2.37. The number of nitrogen functional groups attached to an aromatic ring is 1. The third kappa shape index (κ3) is 3.31. The highest BCUT2D eigenvalue weighted by molar-refractivity contribution is 5.57. The van der Waals surface area contributed by atoms with Crippen molar-refractivity contribution in [1.82, 2.24) is 15.0 Å². The molecule has 0 saturated carbocycles. The van der Waals surface area contributed by atoms with Crippen LogP contribution in [0.25, 0.3) is 0 Å². The van der Waals surface area contributed by atoms with Gasteiger partial charge in [0.25, 0.3) is 0 Å². The van der Waals surface area contributed by atoms with E-state index in [0.717, 1.165) is 18.8 Å². The first kappa shape index (κ1) is 12.1. The summed E-state index contributed by atoms with van der Waals surface area (Å²) in [5.41, 5.74) is 5.66. The lowest BCUT2D eigenvalue weighted by Gasteiger charge is -2.08. The lowest BCUT2D eigenvalue weighted by Crippen LogP contribution is -2.07. The van der Waals surface area contributed by atoms with E-state index in [4.69, 9.17) is 5.73 Å². The minimum Gasteiger partial charge on any atom is -0.370 e. The number of rotatable bonds is 5. The van der Waals surface area contributed by atoms with Crippen LogP contribution in [0.2, 0.25) is 0 Å². The van der Waals surface area contributed by atoms with Crippen LogP contribution in [0.5, 0.6) is 0 Å². The minimum atomic E-state index is 0.231. The van der Waals surface area contributed by atoms with Crippen molar-refractivity contribution in [3.05, 3.63) is 30.5 Å². The highest BCUT2D eigenvalue weighted by Gasteiger charge is 2.02. The van der Waals surface area contributed by atoms with Gasteiger partial charge in [-0.1, -0.05) is 13.0 Å². The van der Waals surface area contributed by atoms with Crippen LogP contribution in [0.4, 0.5) is 23.4 Å². The number of hydrogen-bond donors (Lipinski definition) is 3. The van der Waals surface area contributed by atoms with Crippen molar-refractivity contribution in [1.29, 1.82) is 0 Å². The fraction of sp³-hybridized carbons (Fsp3) is 0.250. The first-order valence-electron chi connectivity index (χ1n) is 5.84. The molecule has 2 aromatic rings. The molecule has 0 fully saturated rings. The quantitative estimate of drug-likeness (QED) is 0.745. The first-order chi connectivity index (χ1) is 8.78. The molecule has 0 aliphatic carbocycles. The second-order valence-corrected chi connectivity index (χ2v) is 3.76. The molecule has 18 heavy (non-hydrogen) atoms. The minimum absolute atomic E-state index is 0.231. The zero-order valence-corrected chi connectivity index (χ0v) is 10.2. The van der Waals surface area contributed by atoms with Gasteiger partial charge in [0.05, 0.1) is 0 Å². The average Bonchev–Trinajstić information content (AvgIpc) is 2.37. The zero-order chi connectivity index (χ0) is 12.8. The molecule has 0 saturated heterocycles. The molecule has 2 aromatic heterocycles. The summed E-state index contributed by atoms with van der Waals surface area (Å²) in [5.74, 6) is 2.29. The van der Waals surface area contributed by atoms with Gasteiger partial charge in [0.2, 0.25) is 5.95 Å². The Morgan fingerprint density at radius 1 is 1.17 bits per heavy atom. The maximum absolute atomic E-state index is 5.66. The number of hydrogen-bond acceptors (Lipinski definition) is 6. The summed E-state index contributed by atoms with van der Waals surface area (Å²) in [7, 11) is 0. The van der Waals surface area contributed by atoms with Crippen LogP contribution in [0.15, 0.2) is 30.5 Å². The second kappa shape index (κ2) is 5.81. The predicted octanol–water partition coefficient (Wildman–Crippen LogP) is 2.02.